The molecule has 126 valence electrons. The summed E-state index contributed by atoms with van der Waals surface area (Å²) in [4.78, 5) is 21.5. The quantitative estimate of drug-likeness (QED) is 0.557. The first-order valence-electron chi connectivity index (χ1n) is 8.16. The lowest BCUT2D eigenvalue weighted by Crippen LogP contribution is -2.15. The third kappa shape index (κ3) is 2.65. The highest BCUT2D eigenvalue weighted by Crippen LogP contribution is 2.32. The summed E-state index contributed by atoms with van der Waals surface area (Å²) in [7, 11) is 0. The average molecular weight is 340 g/mol. The molecule has 0 aliphatic rings. The zero-order valence-corrected chi connectivity index (χ0v) is 13.9. The first kappa shape index (κ1) is 15.8. The number of hydrogen-bond acceptors (Lipinski definition) is 4. The Morgan fingerprint density at radius 1 is 0.731 bits per heavy atom. The van der Waals surface area contributed by atoms with Gasteiger partial charge in [-0.15, -0.1) is 0 Å². The number of nitrogen functional groups attached to an aromatic ring is 1. The highest BCUT2D eigenvalue weighted by atomic mass is 16.1. The topological polar surface area (TPSA) is 94.9 Å². The van der Waals surface area contributed by atoms with Crippen LogP contribution < -0.4 is 11.5 Å². The summed E-state index contributed by atoms with van der Waals surface area (Å²) in [6.45, 7) is 0. The van der Waals surface area contributed by atoms with E-state index in [4.69, 9.17) is 21.4 Å². The zero-order valence-electron chi connectivity index (χ0n) is 13.9. The van der Waals surface area contributed by atoms with Gasteiger partial charge in [-0.3, -0.25) is 4.79 Å². The molecule has 0 radical (unpaired) electrons. The second-order valence-corrected chi connectivity index (χ2v) is 5.91. The number of carbonyl (C=O) groups is 1. The molecule has 26 heavy (non-hydrogen) atoms. The standard InChI is InChI=1S/C21H16N4O/c22-15-11-12-16-20(17(15)21(23)26)25-19(14-9-5-2-6-10-14)18(24-16)13-7-3-1-4-8-13/h1-12H,22H2,(H2,23,26). The van der Waals surface area contributed by atoms with Gasteiger partial charge in [-0.1, -0.05) is 60.7 Å². The van der Waals surface area contributed by atoms with Gasteiger partial charge in [-0.2, -0.15) is 0 Å². The van der Waals surface area contributed by atoms with E-state index in [1.807, 2.05) is 60.7 Å². The molecular formula is C21H16N4O. The van der Waals surface area contributed by atoms with Crippen LogP contribution in [-0.4, -0.2) is 15.9 Å². The Balaban J connectivity index is 2.10. The molecule has 0 spiro atoms. The fourth-order valence-electron chi connectivity index (χ4n) is 2.99. The van der Waals surface area contributed by atoms with Gasteiger partial charge in [-0.05, 0) is 12.1 Å². The Kier molecular flexibility index (Phi) is 3.82. The van der Waals surface area contributed by atoms with Crippen molar-refractivity contribution in [1.29, 1.82) is 0 Å². The lowest BCUT2D eigenvalue weighted by Gasteiger charge is -2.13. The van der Waals surface area contributed by atoms with Crippen LogP contribution in [0.2, 0.25) is 0 Å². The first-order chi connectivity index (χ1) is 12.6. The van der Waals surface area contributed by atoms with E-state index in [0.29, 0.717) is 22.4 Å². The summed E-state index contributed by atoms with van der Waals surface area (Å²) in [5, 5.41) is 0. The Hall–Kier alpha value is -3.73. The molecule has 4 aromatic rings. The van der Waals surface area contributed by atoms with Crippen molar-refractivity contribution in [1.82, 2.24) is 9.97 Å². The van der Waals surface area contributed by atoms with Gasteiger partial charge in [0.15, 0.2) is 0 Å². The van der Waals surface area contributed by atoms with E-state index < -0.39 is 5.91 Å². The fraction of sp³-hybridized carbons (Fsp3) is 0. The molecule has 4 rings (SSSR count). The third-order valence-corrected chi connectivity index (χ3v) is 4.21. The Bertz CT molecular complexity index is 1110. The summed E-state index contributed by atoms with van der Waals surface area (Å²) in [6.07, 6.45) is 0. The number of anilines is 1. The number of carbonyl (C=O) groups excluding carboxylic acids is 1. The maximum absolute atomic E-state index is 11.9. The van der Waals surface area contributed by atoms with E-state index >= 15 is 0 Å². The van der Waals surface area contributed by atoms with Crippen LogP contribution in [0, 0.1) is 0 Å². The van der Waals surface area contributed by atoms with E-state index in [-0.39, 0.29) is 5.56 Å². The molecule has 5 heteroatoms. The van der Waals surface area contributed by atoms with Gasteiger partial charge in [0.05, 0.1) is 22.5 Å². The van der Waals surface area contributed by atoms with Crippen molar-refractivity contribution in [3.05, 3.63) is 78.4 Å². The Morgan fingerprint density at radius 3 is 1.81 bits per heavy atom. The molecule has 0 saturated heterocycles. The Labute approximate surface area is 150 Å². The SMILES string of the molecule is NC(=O)c1c(N)ccc2nc(-c3ccccc3)c(-c3ccccc3)nc12. The number of aromatic nitrogens is 2. The summed E-state index contributed by atoms with van der Waals surface area (Å²) in [5.74, 6) is -0.617. The maximum Gasteiger partial charge on any atom is 0.253 e. The number of rotatable bonds is 3. The molecule has 0 bridgehead atoms. The van der Waals surface area contributed by atoms with Crippen LogP contribution in [0.15, 0.2) is 72.8 Å². The molecule has 0 saturated carbocycles. The summed E-state index contributed by atoms with van der Waals surface area (Å²) < 4.78 is 0. The van der Waals surface area contributed by atoms with Gasteiger partial charge < -0.3 is 11.5 Å². The molecule has 0 aliphatic heterocycles. The lowest BCUT2D eigenvalue weighted by molar-refractivity contribution is 0.100. The van der Waals surface area contributed by atoms with Gasteiger partial charge in [0.25, 0.3) is 5.91 Å². The number of hydrogen-bond donors (Lipinski definition) is 2. The molecule has 1 amide bonds. The Morgan fingerprint density at radius 2 is 1.27 bits per heavy atom. The number of nitrogens with two attached hydrogens (primary N) is 2. The van der Waals surface area contributed by atoms with Crippen molar-refractivity contribution in [2.75, 3.05) is 5.73 Å². The first-order valence-corrected chi connectivity index (χ1v) is 8.16. The van der Waals surface area contributed by atoms with Gasteiger partial charge in [-0.25, -0.2) is 9.97 Å². The molecule has 3 aromatic carbocycles. The molecule has 0 unspecified atom stereocenters. The smallest absolute Gasteiger partial charge is 0.253 e. The van der Waals surface area contributed by atoms with Gasteiger partial charge >= 0.3 is 0 Å². The summed E-state index contributed by atoms with van der Waals surface area (Å²) in [6, 6.07) is 22.9. The van der Waals surface area contributed by atoms with Crippen molar-refractivity contribution in [2.45, 2.75) is 0 Å². The van der Waals surface area contributed by atoms with E-state index in [9.17, 15) is 4.79 Å². The number of amides is 1. The van der Waals surface area contributed by atoms with Crippen LogP contribution in [0.4, 0.5) is 5.69 Å². The number of benzene rings is 3. The van der Waals surface area contributed by atoms with Crippen molar-refractivity contribution in [3.63, 3.8) is 0 Å². The molecule has 1 heterocycles. The third-order valence-electron chi connectivity index (χ3n) is 4.21. The maximum atomic E-state index is 11.9. The van der Waals surface area contributed by atoms with Crippen molar-refractivity contribution >= 4 is 22.6 Å². The van der Waals surface area contributed by atoms with Crippen LogP contribution >= 0.6 is 0 Å². The van der Waals surface area contributed by atoms with Crippen LogP contribution in [0.5, 0.6) is 0 Å². The largest absolute Gasteiger partial charge is 0.398 e. The molecule has 1 aromatic heterocycles. The monoisotopic (exact) mass is 340 g/mol. The molecule has 5 nitrogen and oxygen atoms in total. The second kappa shape index (κ2) is 6.29. The minimum Gasteiger partial charge on any atom is -0.398 e. The average Bonchev–Trinajstić information content (AvgIpc) is 2.68. The minimum atomic E-state index is -0.617. The van der Waals surface area contributed by atoms with E-state index in [0.717, 1.165) is 16.8 Å². The van der Waals surface area contributed by atoms with Crippen molar-refractivity contribution < 1.29 is 4.79 Å². The van der Waals surface area contributed by atoms with E-state index in [1.165, 1.54) is 0 Å². The molecular weight excluding hydrogens is 324 g/mol. The van der Waals surface area contributed by atoms with Crippen LogP contribution in [0.25, 0.3) is 33.5 Å². The zero-order chi connectivity index (χ0) is 18.1. The lowest BCUT2D eigenvalue weighted by atomic mass is 10.0. The normalized spacial score (nSPS) is 10.8. The summed E-state index contributed by atoms with van der Waals surface area (Å²) >= 11 is 0. The van der Waals surface area contributed by atoms with E-state index in [1.54, 1.807) is 12.1 Å². The predicted octanol–water partition coefficient (Wildman–Crippen LogP) is 3.64. The highest BCUT2D eigenvalue weighted by Gasteiger charge is 2.18. The van der Waals surface area contributed by atoms with Gasteiger partial charge in [0.2, 0.25) is 0 Å². The van der Waals surface area contributed by atoms with Gasteiger partial charge in [0.1, 0.15) is 5.52 Å². The molecule has 0 aliphatic carbocycles. The number of primary amides is 1. The van der Waals surface area contributed by atoms with Crippen molar-refractivity contribution in [2.24, 2.45) is 5.73 Å². The fourth-order valence-corrected chi connectivity index (χ4v) is 2.99. The van der Waals surface area contributed by atoms with Gasteiger partial charge in [0, 0.05) is 16.8 Å². The second-order valence-electron chi connectivity index (χ2n) is 5.91. The number of fused-ring (bicyclic) bond motifs is 1. The molecule has 4 N–H and O–H groups in total. The van der Waals surface area contributed by atoms with Crippen molar-refractivity contribution in [3.8, 4) is 22.5 Å². The van der Waals surface area contributed by atoms with E-state index in [2.05, 4.69) is 0 Å². The highest BCUT2D eigenvalue weighted by molar-refractivity contribution is 6.09. The molecule has 0 atom stereocenters. The van der Waals surface area contributed by atoms with Crippen LogP contribution in [-0.2, 0) is 0 Å². The molecule has 0 fully saturated rings. The predicted molar refractivity (Wildman–Crippen MR) is 103 cm³/mol. The summed E-state index contributed by atoms with van der Waals surface area (Å²) in [5.41, 5.74) is 16.2. The minimum absolute atomic E-state index is 0.201. The number of nitrogens with zero attached hydrogens (tertiary/aromatic N) is 2. The van der Waals surface area contributed by atoms with Crippen LogP contribution in [0.3, 0.4) is 0 Å². The van der Waals surface area contributed by atoms with Crippen LogP contribution in [0.1, 0.15) is 10.4 Å².